The van der Waals surface area contributed by atoms with Gasteiger partial charge in [0.05, 0.1) is 23.3 Å². The Morgan fingerprint density at radius 3 is 2.65 bits per heavy atom. The van der Waals surface area contributed by atoms with Crippen LogP contribution in [0.15, 0.2) is 17.0 Å². The molecule has 2 N–H and O–H groups in total. The van der Waals surface area contributed by atoms with Crippen LogP contribution in [0.1, 0.15) is 19.4 Å². The average molecular weight is 302 g/mol. The molecule has 0 saturated carbocycles. The summed E-state index contributed by atoms with van der Waals surface area (Å²) < 4.78 is 45.6. The van der Waals surface area contributed by atoms with Crippen LogP contribution in [-0.2, 0) is 14.8 Å². The number of nitrogens with two attached hydrogens (primary N) is 1. The number of rotatable bonds is 2. The molecule has 0 aliphatic carbocycles. The minimum absolute atomic E-state index is 0.0230. The molecule has 1 aliphatic heterocycles. The molecular formula is C13H19FN2O3S. The first-order valence-electron chi connectivity index (χ1n) is 6.42. The number of morpholine rings is 1. The smallest absolute Gasteiger partial charge is 0.243 e. The van der Waals surface area contributed by atoms with Crippen molar-refractivity contribution < 1.29 is 17.5 Å². The minimum atomic E-state index is -3.70. The zero-order chi connectivity index (χ0) is 15.1. The van der Waals surface area contributed by atoms with Crippen LogP contribution < -0.4 is 5.73 Å². The first-order chi connectivity index (χ1) is 9.23. The summed E-state index contributed by atoms with van der Waals surface area (Å²) in [7, 11) is -3.70. The van der Waals surface area contributed by atoms with Crippen LogP contribution in [0.3, 0.4) is 0 Å². The summed E-state index contributed by atoms with van der Waals surface area (Å²) in [6.07, 6.45) is -0.167. The van der Waals surface area contributed by atoms with E-state index in [1.165, 1.54) is 23.4 Å². The summed E-state index contributed by atoms with van der Waals surface area (Å²) in [6.45, 7) is 5.72. The van der Waals surface area contributed by atoms with Crippen molar-refractivity contribution in [2.45, 2.75) is 37.8 Å². The van der Waals surface area contributed by atoms with Gasteiger partial charge in [0, 0.05) is 12.6 Å². The lowest BCUT2D eigenvalue weighted by Crippen LogP contribution is -2.50. The van der Waals surface area contributed by atoms with Crippen molar-refractivity contribution in [1.82, 2.24) is 4.31 Å². The van der Waals surface area contributed by atoms with Crippen LogP contribution in [0.25, 0.3) is 0 Å². The third-order valence-corrected chi connectivity index (χ3v) is 5.37. The molecule has 1 aromatic carbocycles. The molecular weight excluding hydrogens is 283 g/mol. The van der Waals surface area contributed by atoms with Gasteiger partial charge >= 0.3 is 0 Å². The topological polar surface area (TPSA) is 72.6 Å². The van der Waals surface area contributed by atoms with Crippen molar-refractivity contribution in [3.63, 3.8) is 0 Å². The number of ether oxygens (including phenoxy) is 1. The third-order valence-electron chi connectivity index (χ3n) is 3.41. The van der Waals surface area contributed by atoms with E-state index in [9.17, 15) is 12.8 Å². The van der Waals surface area contributed by atoms with Gasteiger partial charge < -0.3 is 10.5 Å². The molecule has 1 heterocycles. The number of halogens is 1. The van der Waals surface area contributed by atoms with Crippen LogP contribution in [0, 0.1) is 12.7 Å². The highest BCUT2D eigenvalue weighted by atomic mass is 32.2. The number of nitrogens with zero attached hydrogens (tertiary/aromatic N) is 1. The van der Waals surface area contributed by atoms with Crippen molar-refractivity contribution in [3.8, 4) is 0 Å². The maximum Gasteiger partial charge on any atom is 0.243 e. The van der Waals surface area contributed by atoms with Gasteiger partial charge in [0.1, 0.15) is 5.82 Å². The molecule has 1 saturated heterocycles. The van der Waals surface area contributed by atoms with E-state index < -0.39 is 15.8 Å². The molecule has 0 spiro atoms. The van der Waals surface area contributed by atoms with Crippen molar-refractivity contribution >= 4 is 15.7 Å². The number of aryl methyl sites for hydroxylation is 1. The van der Waals surface area contributed by atoms with E-state index in [4.69, 9.17) is 10.5 Å². The van der Waals surface area contributed by atoms with Crippen molar-refractivity contribution in [1.29, 1.82) is 0 Å². The standard InChI is InChI=1S/C13H19FN2O3S/c1-8-4-11(5-12(15)13(8)14)20(17,18)16-6-10(3)19-7-9(16)2/h4-5,9-10H,6-7,15H2,1-3H3. The van der Waals surface area contributed by atoms with E-state index in [-0.39, 0.29) is 34.8 Å². The summed E-state index contributed by atoms with van der Waals surface area (Å²) >= 11 is 0. The lowest BCUT2D eigenvalue weighted by molar-refractivity contribution is -0.0170. The lowest BCUT2D eigenvalue weighted by atomic mass is 10.2. The largest absolute Gasteiger partial charge is 0.396 e. The van der Waals surface area contributed by atoms with Gasteiger partial charge in [-0.15, -0.1) is 0 Å². The van der Waals surface area contributed by atoms with Crippen LogP contribution >= 0.6 is 0 Å². The zero-order valence-electron chi connectivity index (χ0n) is 11.8. The second-order valence-corrected chi connectivity index (χ2v) is 7.10. The molecule has 1 fully saturated rings. The zero-order valence-corrected chi connectivity index (χ0v) is 12.6. The van der Waals surface area contributed by atoms with Gasteiger partial charge in [-0.1, -0.05) is 0 Å². The number of sulfonamides is 1. The second kappa shape index (κ2) is 5.31. The van der Waals surface area contributed by atoms with Crippen LogP contribution in [-0.4, -0.2) is 38.0 Å². The Bertz CT molecular complexity index is 595. The highest BCUT2D eigenvalue weighted by Crippen LogP contribution is 2.26. The number of anilines is 1. The van der Waals surface area contributed by atoms with Crippen LogP contribution in [0.2, 0.25) is 0 Å². The Hall–Kier alpha value is -1.18. The summed E-state index contributed by atoms with van der Waals surface area (Å²) in [6, 6.07) is 2.22. The summed E-state index contributed by atoms with van der Waals surface area (Å²) in [5.74, 6) is -0.577. The Morgan fingerprint density at radius 1 is 1.40 bits per heavy atom. The molecule has 2 rings (SSSR count). The number of hydrogen-bond donors (Lipinski definition) is 1. The predicted molar refractivity (Wildman–Crippen MR) is 74.3 cm³/mol. The first-order valence-corrected chi connectivity index (χ1v) is 7.86. The quantitative estimate of drug-likeness (QED) is 0.841. The summed E-state index contributed by atoms with van der Waals surface area (Å²) in [4.78, 5) is 0.0230. The molecule has 0 radical (unpaired) electrons. The van der Waals surface area contributed by atoms with Gasteiger partial charge in [-0.3, -0.25) is 0 Å². The molecule has 0 bridgehead atoms. The Morgan fingerprint density at radius 2 is 2.05 bits per heavy atom. The third kappa shape index (κ3) is 2.65. The highest BCUT2D eigenvalue weighted by molar-refractivity contribution is 7.89. The van der Waals surface area contributed by atoms with E-state index in [1.807, 2.05) is 6.92 Å². The van der Waals surface area contributed by atoms with Crippen LogP contribution in [0.5, 0.6) is 0 Å². The molecule has 7 heteroatoms. The molecule has 1 aromatic rings. The molecule has 2 atom stereocenters. The SMILES string of the molecule is Cc1cc(S(=O)(=O)N2CC(C)OCC2C)cc(N)c1F. The van der Waals surface area contributed by atoms with Crippen molar-refractivity contribution in [2.75, 3.05) is 18.9 Å². The van der Waals surface area contributed by atoms with E-state index in [0.717, 1.165) is 0 Å². The fourth-order valence-corrected chi connectivity index (χ4v) is 4.07. The van der Waals surface area contributed by atoms with Gasteiger partial charge in [0.25, 0.3) is 0 Å². The van der Waals surface area contributed by atoms with Gasteiger partial charge in [-0.2, -0.15) is 4.31 Å². The second-order valence-electron chi connectivity index (χ2n) is 5.21. The van der Waals surface area contributed by atoms with Gasteiger partial charge in [0.2, 0.25) is 10.0 Å². The predicted octanol–water partition coefficient (Wildman–Crippen LogP) is 1.51. The summed E-state index contributed by atoms with van der Waals surface area (Å²) in [5, 5.41) is 0. The monoisotopic (exact) mass is 302 g/mol. The molecule has 2 unspecified atom stereocenters. The highest BCUT2D eigenvalue weighted by Gasteiger charge is 2.34. The Balaban J connectivity index is 2.44. The molecule has 20 heavy (non-hydrogen) atoms. The maximum absolute atomic E-state index is 13.5. The lowest BCUT2D eigenvalue weighted by Gasteiger charge is -2.35. The number of benzene rings is 1. The Labute approximate surface area is 118 Å². The van der Waals surface area contributed by atoms with Crippen LogP contribution in [0.4, 0.5) is 10.1 Å². The van der Waals surface area contributed by atoms with E-state index in [0.29, 0.717) is 6.61 Å². The molecule has 5 nitrogen and oxygen atoms in total. The molecule has 0 amide bonds. The Kier molecular flexibility index (Phi) is 4.04. The minimum Gasteiger partial charge on any atom is -0.396 e. The van der Waals surface area contributed by atoms with E-state index in [2.05, 4.69) is 0 Å². The molecule has 112 valence electrons. The van der Waals surface area contributed by atoms with E-state index >= 15 is 0 Å². The van der Waals surface area contributed by atoms with Gasteiger partial charge in [-0.05, 0) is 38.5 Å². The maximum atomic E-state index is 13.5. The molecule has 1 aliphatic rings. The molecule has 0 aromatic heterocycles. The number of nitrogen functional groups attached to an aromatic ring is 1. The van der Waals surface area contributed by atoms with Crippen molar-refractivity contribution in [2.24, 2.45) is 0 Å². The first kappa shape index (κ1) is 15.2. The van der Waals surface area contributed by atoms with Gasteiger partial charge in [0.15, 0.2) is 0 Å². The van der Waals surface area contributed by atoms with Crippen molar-refractivity contribution in [3.05, 3.63) is 23.5 Å². The van der Waals surface area contributed by atoms with Gasteiger partial charge in [-0.25, -0.2) is 12.8 Å². The fraction of sp³-hybridized carbons (Fsp3) is 0.538. The number of hydrogen-bond acceptors (Lipinski definition) is 4. The normalized spacial score (nSPS) is 24.8. The van der Waals surface area contributed by atoms with E-state index in [1.54, 1.807) is 6.92 Å². The average Bonchev–Trinajstić information content (AvgIpc) is 2.38. The fourth-order valence-electron chi connectivity index (χ4n) is 2.25. The summed E-state index contributed by atoms with van der Waals surface area (Å²) in [5.41, 5.74) is 5.59.